The van der Waals surface area contributed by atoms with Crippen LogP contribution >= 0.6 is 23.2 Å². The Morgan fingerprint density at radius 1 is 0.571 bits per heavy atom. The fraction of sp³-hybridized carbons (Fsp3) is 0.265. The Morgan fingerprint density at radius 2 is 0.987 bits per heavy atom. The first kappa shape index (κ1) is 56.6. The summed E-state index contributed by atoms with van der Waals surface area (Å²) in [5, 5.41) is 0.632. The Labute approximate surface area is 477 Å². The Kier molecular flexibility index (Phi) is 19.2. The van der Waals surface area contributed by atoms with E-state index in [1.807, 2.05) is 54.6 Å². The monoisotopic (exact) mass is 1110 g/mol. The van der Waals surface area contributed by atoms with E-state index in [0.717, 1.165) is 75.1 Å². The minimum absolute atomic E-state index is 0. The van der Waals surface area contributed by atoms with Gasteiger partial charge in [-0.15, -0.1) is 11.6 Å². The molecule has 0 saturated heterocycles. The van der Waals surface area contributed by atoms with E-state index in [9.17, 15) is 9.59 Å². The van der Waals surface area contributed by atoms with Crippen molar-refractivity contribution in [1.82, 2.24) is 14.9 Å². The average molecular weight is 1110 g/mol. The molecule has 77 heavy (non-hydrogen) atoms. The van der Waals surface area contributed by atoms with Crippen LogP contribution in [0.25, 0.3) is 0 Å². The quantitative estimate of drug-likeness (QED) is 0.0369. The number of nitrogens with zero attached hydrogens (tertiary/aromatic N) is 4. The standard InChI is InChI=1S/C34H35ClN2O.C34H33ClN2O.Cu/c2*1-25(2)18-20-37-31-17-16-28(35)21-29(31)34(23-26-11-5-3-6-12-26,24-27-13-7-4-8-14-27)33(37)22-32(38)30-15-9-10-19-36-30;/h3-17,19,22,25,28H,18,20-21,23-24H2,1-2H3;3-17,19,21-22,25H,18,20,23-24H2,1-2H3;/q;;+2/b2*33-22-;. The fourth-order valence-electron chi connectivity index (χ4n) is 11.3. The number of hydrogen-bond acceptors (Lipinski definition) is 6. The molecule has 9 heteroatoms. The summed E-state index contributed by atoms with van der Waals surface area (Å²) in [4.78, 5) is 40.9. The number of fused-ring (bicyclic) bond motifs is 1. The van der Waals surface area contributed by atoms with Crippen molar-refractivity contribution in [2.24, 2.45) is 17.3 Å². The molecule has 1 atom stereocenters. The fourth-order valence-corrected chi connectivity index (χ4v) is 11.7. The zero-order valence-corrected chi connectivity index (χ0v) is 46.9. The molecule has 3 aliphatic rings. The Bertz CT molecular complexity index is 3120. The summed E-state index contributed by atoms with van der Waals surface area (Å²) in [7, 11) is 0. The summed E-state index contributed by atoms with van der Waals surface area (Å²) < 4.78 is 0. The van der Waals surface area contributed by atoms with Crippen LogP contribution in [0.4, 0.5) is 5.69 Å². The summed E-state index contributed by atoms with van der Waals surface area (Å²) in [6.07, 6.45) is 17.2. The Hall–Kier alpha value is -6.60. The van der Waals surface area contributed by atoms with Gasteiger partial charge in [-0.05, 0) is 139 Å². The van der Waals surface area contributed by atoms with Crippen LogP contribution in [-0.4, -0.2) is 44.9 Å². The molecule has 5 aromatic carbocycles. The smallest absolute Gasteiger partial charge is 0.344 e. The van der Waals surface area contributed by atoms with Crippen LogP contribution in [0.5, 0.6) is 0 Å². The summed E-state index contributed by atoms with van der Waals surface area (Å²) in [5.74, 6) is 0.918. The second-order valence-corrected chi connectivity index (χ2v) is 22.3. The normalized spacial score (nSPS) is 17.0. The number of carbonyl (C=O) groups excluding carboxylic acids is 2. The van der Waals surface area contributed by atoms with Gasteiger partial charge in [0.25, 0.3) is 0 Å². The van der Waals surface area contributed by atoms with Crippen molar-refractivity contribution in [1.29, 1.82) is 0 Å². The summed E-state index contributed by atoms with van der Waals surface area (Å²) in [5.41, 5.74) is 11.9. The first-order chi connectivity index (χ1) is 36.9. The van der Waals surface area contributed by atoms with Crippen LogP contribution in [0.15, 0.2) is 235 Å². The zero-order chi connectivity index (χ0) is 53.1. The molecule has 0 fully saturated rings. The molecule has 7 aromatic rings. The van der Waals surface area contributed by atoms with Gasteiger partial charge >= 0.3 is 17.1 Å². The van der Waals surface area contributed by atoms with Crippen LogP contribution in [-0.2, 0) is 48.2 Å². The van der Waals surface area contributed by atoms with Gasteiger partial charge in [-0.25, -0.2) is 0 Å². The molecule has 1 radical (unpaired) electrons. The zero-order valence-electron chi connectivity index (χ0n) is 44.5. The van der Waals surface area contributed by atoms with Gasteiger partial charge in [-0.3, -0.25) is 19.6 Å². The number of ketones is 2. The largest absolute Gasteiger partial charge is 2.00 e. The Morgan fingerprint density at radius 3 is 1.42 bits per heavy atom. The maximum Gasteiger partial charge on any atom is 2.00 e. The van der Waals surface area contributed by atoms with Crippen molar-refractivity contribution < 1.29 is 26.7 Å². The van der Waals surface area contributed by atoms with Gasteiger partial charge in [0.05, 0.1) is 5.38 Å². The first-order valence-electron chi connectivity index (χ1n) is 26.8. The third kappa shape index (κ3) is 13.4. The van der Waals surface area contributed by atoms with Crippen molar-refractivity contribution in [3.05, 3.63) is 280 Å². The molecule has 1 aliphatic carbocycles. The molecule has 0 spiro atoms. The van der Waals surface area contributed by atoms with Crippen molar-refractivity contribution in [2.45, 2.75) is 83.4 Å². The van der Waals surface area contributed by atoms with E-state index in [2.05, 4.69) is 181 Å². The minimum Gasteiger partial charge on any atom is -0.344 e. The molecular weight excluding hydrogens is 1040 g/mol. The van der Waals surface area contributed by atoms with Gasteiger partial charge in [-0.1, -0.05) is 179 Å². The van der Waals surface area contributed by atoms with E-state index in [4.69, 9.17) is 23.2 Å². The molecule has 395 valence electrons. The molecule has 0 saturated carbocycles. The molecule has 1 unspecified atom stereocenters. The summed E-state index contributed by atoms with van der Waals surface area (Å²) in [6, 6.07) is 59.6. The molecule has 10 rings (SSSR count). The van der Waals surface area contributed by atoms with Crippen LogP contribution in [0.1, 0.15) is 95.8 Å². The van der Waals surface area contributed by atoms with E-state index in [-0.39, 0.29) is 34.0 Å². The molecular formula is C68H68Cl2CuN4O2+2. The number of aromatic nitrogens is 2. The maximum atomic E-state index is 13.7. The van der Waals surface area contributed by atoms with Gasteiger partial charge in [0, 0.05) is 76.3 Å². The van der Waals surface area contributed by atoms with Crippen LogP contribution < -0.4 is 4.90 Å². The number of pyridine rings is 2. The van der Waals surface area contributed by atoms with Gasteiger partial charge in [-0.2, -0.15) is 0 Å². The third-order valence-electron chi connectivity index (χ3n) is 15.0. The summed E-state index contributed by atoms with van der Waals surface area (Å²) in [6.45, 7) is 10.6. The average Bonchev–Trinajstić information content (AvgIpc) is 3.86. The minimum atomic E-state index is -0.482. The van der Waals surface area contributed by atoms with E-state index in [1.165, 1.54) is 39.1 Å². The number of halogens is 2. The predicted octanol–water partition coefficient (Wildman–Crippen LogP) is 15.9. The molecule has 0 bridgehead atoms. The molecule has 2 aliphatic heterocycles. The number of allylic oxidation sites excluding steroid dienone is 6. The molecule has 0 N–H and O–H groups in total. The van der Waals surface area contributed by atoms with Crippen molar-refractivity contribution in [2.75, 3.05) is 18.0 Å². The Balaban J connectivity index is 0.000000201. The second-order valence-electron chi connectivity index (χ2n) is 21.3. The second kappa shape index (κ2) is 26.2. The van der Waals surface area contributed by atoms with E-state index < -0.39 is 10.8 Å². The van der Waals surface area contributed by atoms with Crippen LogP contribution in [0.2, 0.25) is 5.02 Å². The van der Waals surface area contributed by atoms with Crippen LogP contribution in [0, 0.1) is 17.3 Å². The third-order valence-corrected chi connectivity index (χ3v) is 15.5. The van der Waals surface area contributed by atoms with Gasteiger partial charge in [0.1, 0.15) is 11.4 Å². The number of benzene rings is 5. The maximum absolute atomic E-state index is 13.7. The van der Waals surface area contributed by atoms with Crippen molar-refractivity contribution in [3.8, 4) is 0 Å². The van der Waals surface area contributed by atoms with E-state index in [1.54, 1.807) is 24.5 Å². The van der Waals surface area contributed by atoms with Crippen LogP contribution in [0.3, 0.4) is 0 Å². The van der Waals surface area contributed by atoms with Gasteiger partial charge in [0.15, 0.2) is 0 Å². The molecule has 4 heterocycles. The SMILES string of the molecule is CC(C)CCN1/C(=C\C(=O)c2ccccn2)C(Cc2ccccc2)(Cc2ccccc2)c2cc(Cl)ccc21.CC(C)CCN1C2=C(CC(Cl)C=C2)C(Cc2ccccc2)(Cc2ccccc2)/C1=C/C(=O)c1ccccn1.[Cu+2]. The number of carbonyl (C=O) groups is 2. The van der Waals surface area contributed by atoms with Gasteiger partial charge < -0.3 is 9.80 Å². The molecule has 6 nitrogen and oxygen atoms in total. The number of alkyl halides is 1. The first-order valence-corrected chi connectivity index (χ1v) is 27.7. The van der Waals surface area contributed by atoms with E-state index in [0.29, 0.717) is 28.2 Å². The van der Waals surface area contributed by atoms with E-state index >= 15 is 0 Å². The predicted molar refractivity (Wildman–Crippen MR) is 313 cm³/mol. The molecule has 0 amide bonds. The summed E-state index contributed by atoms with van der Waals surface area (Å²) >= 11 is 13.5. The van der Waals surface area contributed by atoms with Crippen molar-refractivity contribution >= 4 is 40.5 Å². The number of rotatable bonds is 18. The van der Waals surface area contributed by atoms with Crippen molar-refractivity contribution in [3.63, 3.8) is 0 Å². The topological polar surface area (TPSA) is 66.4 Å². The number of hydrogen-bond donors (Lipinski definition) is 0. The molecule has 2 aromatic heterocycles. The van der Waals surface area contributed by atoms with Gasteiger partial charge in [0.2, 0.25) is 11.6 Å². The number of anilines is 1.